The molecule has 4 rings (SSSR count). The molecular weight excluding hydrogens is 621 g/mol. The Morgan fingerprint density at radius 3 is 2.15 bits per heavy atom. The van der Waals surface area contributed by atoms with Crippen LogP contribution in [0.5, 0.6) is 0 Å². The van der Waals surface area contributed by atoms with Crippen LogP contribution in [0.1, 0.15) is 76.3 Å². The van der Waals surface area contributed by atoms with E-state index >= 15 is 0 Å². The first-order valence-corrected chi connectivity index (χ1v) is 17.8. The highest BCUT2D eigenvalue weighted by Crippen LogP contribution is 2.38. The number of nitrogens with zero attached hydrogens (tertiary/aromatic N) is 5. The normalized spacial score (nSPS) is 13.1. The highest BCUT2D eigenvalue weighted by Gasteiger charge is 2.31. The third-order valence-corrected chi connectivity index (χ3v) is 10.8. The van der Waals surface area contributed by atoms with Crippen LogP contribution in [0.4, 0.5) is 5.00 Å². The van der Waals surface area contributed by atoms with Crippen LogP contribution in [0.25, 0.3) is 0 Å². The number of sulfonamides is 1. The zero-order valence-corrected chi connectivity index (χ0v) is 28.0. The molecule has 0 bridgehead atoms. The second kappa shape index (κ2) is 16.5. The summed E-state index contributed by atoms with van der Waals surface area (Å²) in [4.78, 5) is 32.8. The van der Waals surface area contributed by atoms with E-state index in [9.17, 15) is 18.0 Å². The summed E-state index contributed by atoms with van der Waals surface area (Å²) in [6, 6.07) is 19.7. The third kappa shape index (κ3) is 8.39. The first-order chi connectivity index (χ1) is 22.2. The average Bonchev–Trinajstić information content (AvgIpc) is 3.41. The summed E-state index contributed by atoms with van der Waals surface area (Å²) in [5.74, 6) is -0.523. The van der Waals surface area contributed by atoms with Gasteiger partial charge >= 0.3 is 0 Å². The second-order valence-corrected chi connectivity index (χ2v) is 14.2. The van der Waals surface area contributed by atoms with Crippen LogP contribution in [-0.4, -0.2) is 67.1 Å². The molecule has 0 fully saturated rings. The lowest BCUT2D eigenvalue weighted by atomic mass is 10.0. The van der Waals surface area contributed by atoms with Crippen LogP contribution in [0.15, 0.2) is 59.5 Å². The maximum atomic E-state index is 14.0. The van der Waals surface area contributed by atoms with E-state index in [-0.39, 0.29) is 42.3 Å². The Bertz CT molecular complexity index is 1670. The van der Waals surface area contributed by atoms with Crippen LogP contribution in [-0.2, 0) is 29.5 Å². The Labute approximate surface area is 275 Å². The van der Waals surface area contributed by atoms with Crippen molar-refractivity contribution in [2.24, 2.45) is 0 Å². The minimum absolute atomic E-state index is 0.00501. The number of amides is 2. The van der Waals surface area contributed by atoms with Gasteiger partial charge in [0.15, 0.2) is 0 Å². The molecule has 0 atom stereocenters. The molecule has 0 unspecified atom stereocenters. The highest BCUT2D eigenvalue weighted by atomic mass is 32.2. The largest absolute Gasteiger partial charge is 0.339 e. The Hall–Kier alpha value is -4.07. The molecule has 1 aliphatic rings. The SMILES string of the molecule is CCCN(CCC)C(=O)c1c(NC(=O)c2ccc(S(=O)(=O)N(CCC#N)CCC#N)cc2)sc2c1CCN(Cc1ccccc1)C2. The summed E-state index contributed by atoms with van der Waals surface area (Å²) in [5.41, 5.74) is 3.00. The lowest BCUT2D eigenvalue weighted by molar-refractivity contribution is 0.0755. The summed E-state index contributed by atoms with van der Waals surface area (Å²) in [6.45, 7) is 7.54. The Morgan fingerprint density at radius 1 is 0.935 bits per heavy atom. The second-order valence-electron chi connectivity index (χ2n) is 11.1. The first-order valence-electron chi connectivity index (χ1n) is 15.6. The van der Waals surface area contributed by atoms with Gasteiger partial charge in [-0.3, -0.25) is 14.5 Å². The van der Waals surface area contributed by atoms with Gasteiger partial charge in [0.25, 0.3) is 11.8 Å². The molecule has 1 aromatic heterocycles. The molecule has 0 saturated heterocycles. The average molecular weight is 661 g/mol. The van der Waals surface area contributed by atoms with Gasteiger partial charge in [-0.15, -0.1) is 11.3 Å². The Morgan fingerprint density at radius 2 is 1.57 bits per heavy atom. The molecule has 2 amide bonds. The lowest BCUT2D eigenvalue weighted by Crippen LogP contribution is -2.35. The first kappa shape index (κ1) is 34.8. The maximum Gasteiger partial charge on any atom is 0.257 e. The predicted molar refractivity (Wildman–Crippen MR) is 179 cm³/mol. The van der Waals surface area contributed by atoms with E-state index < -0.39 is 15.9 Å². The molecule has 1 N–H and O–H groups in total. The number of hydrogen-bond donors (Lipinski definition) is 1. The van der Waals surface area contributed by atoms with Gasteiger partial charge in [-0.1, -0.05) is 44.2 Å². The van der Waals surface area contributed by atoms with Crippen molar-refractivity contribution in [3.05, 3.63) is 81.7 Å². The number of nitriles is 2. The molecule has 0 aliphatic carbocycles. The number of carbonyl (C=O) groups is 2. The monoisotopic (exact) mass is 660 g/mol. The van der Waals surface area contributed by atoms with Crippen molar-refractivity contribution in [2.45, 2.75) is 63.9 Å². The van der Waals surface area contributed by atoms with E-state index in [4.69, 9.17) is 10.5 Å². The molecule has 46 heavy (non-hydrogen) atoms. The number of nitrogens with one attached hydrogen (secondary N) is 1. The lowest BCUT2D eigenvalue weighted by Gasteiger charge is -2.28. The maximum absolute atomic E-state index is 14.0. The number of anilines is 1. The van der Waals surface area contributed by atoms with Crippen LogP contribution in [0.2, 0.25) is 0 Å². The van der Waals surface area contributed by atoms with Gasteiger partial charge in [-0.05, 0) is 54.7 Å². The topological polar surface area (TPSA) is 138 Å². The van der Waals surface area contributed by atoms with Gasteiger partial charge in [0.05, 0.1) is 22.6 Å². The van der Waals surface area contributed by atoms with E-state index in [1.54, 1.807) is 0 Å². The van der Waals surface area contributed by atoms with Gasteiger partial charge < -0.3 is 10.2 Å². The molecule has 0 spiro atoms. The standard InChI is InChI=1S/C34H40N6O4S2/c1-3-19-39(20-4-2)34(42)31-29-16-23-38(24-26-10-6-5-7-11-26)25-30(29)45-33(31)37-32(41)27-12-14-28(15-13-27)46(43,44)40(21-8-17-35)22-9-18-36/h5-7,10-15H,3-4,8-9,16,19-25H2,1-2H3,(H,37,41). The summed E-state index contributed by atoms with van der Waals surface area (Å²) in [7, 11) is -3.97. The highest BCUT2D eigenvalue weighted by molar-refractivity contribution is 7.89. The van der Waals surface area contributed by atoms with Crippen LogP contribution >= 0.6 is 11.3 Å². The summed E-state index contributed by atoms with van der Waals surface area (Å²) >= 11 is 1.43. The quantitative estimate of drug-likeness (QED) is 0.223. The van der Waals surface area contributed by atoms with E-state index in [1.807, 2.05) is 49.1 Å². The van der Waals surface area contributed by atoms with Gasteiger partial charge in [-0.25, -0.2) is 8.42 Å². The predicted octanol–water partition coefficient (Wildman–Crippen LogP) is 5.64. The smallest absolute Gasteiger partial charge is 0.257 e. The Balaban J connectivity index is 1.60. The van der Waals surface area contributed by atoms with Gasteiger partial charge in [0.2, 0.25) is 10.0 Å². The molecule has 2 heterocycles. The Kier molecular flexibility index (Phi) is 12.5. The van der Waals surface area contributed by atoms with E-state index in [1.165, 1.54) is 41.2 Å². The number of hydrogen-bond acceptors (Lipinski definition) is 8. The molecule has 3 aromatic rings. The van der Waals surface area contributed by atoms with E-state index in [0.29, 0.717) is 36.6 Å². The number of fused-ring (bicyclic) bond motifs is 1. The number of carbonyl (C=O) groups excluding carboxylic acids is 2. The van der Waals surface area contributed by atoms with Crippen molar-refractivity contribution in [3.8, 4) is 12.1 Å². The molecule has 0 radical (unpaired) electrons. The minimum atomic E-state index is -3.97. The summed E-state index contributed by atoms with van der Waals surface area (Å²) < 4.78 is 27.6. The van der Waals surface area contributed by atoms with Crippen molar-refractivity contribution >= 4 is 38.2 Å². The zero-order valence-electron chi connectivity index (χ0n) is 26.4. The van der Waals surface area contributed by atoms with Crippen molar-refractivity contribution in [2.75, 3.05) is 38.0 Å². The van der Waals surface area contributed by atoms with Crippen molar-refractivity contribution in [1.29, 1.82) is 10.5 Å². The van der Waals surface area contributed by atoms with Crippen LogP contribution in [0, 0.1) is 22.7 Å². The fraction of sp³-hybridized carbons (Fsp3) is 0.412. The molecule has 0 saturated carbocycles. The molecule has 1 aliphatic heterocycles. The number of rotatable bonds is 15. The molecule has 12 heteroatoms. The minimum Gasteiger partial charge on any atom is -0.339 e. The fourth-order valence-electron chi connectivity index (χ4n) is 5.56. The zero-order chi connectivity index (χ0) is 33.1. The molecule has 2 aromatic carbocycles. The summed E-state index contributed by atoms with van der Waals surface area (Å²) in [5, 5.41) is 21.4. The number of thiophene rings is 1. The molecule has 10 nitrogen and oxygen atoms in total. The van der Waals surface area contributed by atoms with Crippen molar-refractivity contribution in [3.63, 3.8) is 0 Å². The van der Waals surface area contributed by atoms with Gasteiger partial charge in [-0.2, -0.15) is 14.8 Å². The fourth-order valence-corrected chi connectivity index (χ4v) is 8.28. The van der Waals surface area contributed by atoms with E-state index in [0.717, 1.165) is 40.7 Å². The van der Waals surface area contributed by atoms with Crippen molar-refractivity contribution < 1.29 is 18.0 Å². The molecular formula is C34H40N6O4S2. The van der Waals surface area contributed by atoms with Gasteiger partial charge in [0.1, 0.15) is 5.00 Å². The number of benzene rings is 2. The van der Waals surface area contributed by atoms with Crippen LogP contribution < -0.4 is 5.32 Å². The van der Waals surface area contributed by atoms with Crippen molar-refractivity contribution in [1.82, 2.24) is 14.1 Å². The van der Waals surface area contributed by atoms with Gasteiger partial charge in [0, 0.05) is 69.1 Å². The van der Waals surface area contributed by atoms with Crippen LogP contribution in [0.3, 0.4) is 0 Å². The third-order valence-electron chi connectivity index (χ3n) is 7.80. The summed E-state index contributed by atoms with van der Waals surface area (Å²) in [6.07, 6.45) is 2.33. The van der Waals surface area contributed by atoms with E-state index in [2.05, 4.69) is 22.3 Å². The molecule has 242 valence electrons.